The fourth-order valence-electron chi connectivity index (χ4n) is 3.86. The largest absolute Gasteiger partial charge is 0.468 e. The third-order valence-electron chi connectivity index (χ3n) is 4.86. The molecule has 2 aliphatic rings. The van der Waals surface area contributed by atoms with Gasteiger partial charge in [-0.3, -0.25) is 4.57 Å². The van der Waals surface area contributed by atoms with E-state index < -0.39 is 0 Å². The van der Waals surface area contributed by atoms with Crippen LogP contribution in [0.5, 0.6) is 6.01 Å². The Balaban J connectivity index is 1.69. The summed E-state index contributed by atoms with van der Waals surface area (Å²) in [7, 11) is 3.53. The molecule has 20 heavy (non-hydrogen) atoms. The molecule has 2 fully saturated rings. The van der Waals surface area contributed by atoms with Gasteiger partial charge in [-0.1, -0.05) is 6.42 Å². The van der Waals surface area contributed by atoms with Crippen molar-refractivity contribution in [3.05, 3.63) is 6.33 Å². The molecule has 0 aromatic carbocycles. The lowest BCUT2D eigenvalue weighted by atomic mass is 9.95. The summed E-state index contributed by atoms with van der Waals surface area (Å²) in [5.74, 6) is 2.55. The molecule has 106 valence electrons. The summed E-state index contributed by atoms with van der Waals surface area (Å²) in [6.07, 6.45) is 6.98. The zero-order valence-corrected chi connectivity index (χ0v) is 11.8. The first-order valence-corrected chi connectivity index (χ1v) is 7.24. The van der Waals surface area contributed by atoms with Crippen LogP contribution in [0.4, 0.5) is 5.82 Å². The Kier molecular flexibility index (Phi) is 2.58. The van der Waals surface area contributed by atoms with Crippen molar-refractivity contribution in [2.75, 3.05) is 12.4 Å². The second kappa shape index (κ2) is 4.33. The van der Waals surface area contributed by atoms with Crippen LogP contribution in [0.25, 0.3) is 11.2 Å². The van der Waals surface area contributed by atoms with Gasteiger partial charge in [-0.2, -0.15) is 4.98 Å². The van der Waals surface area contributed by atoms with Crippen LogP contribution in [0.1, 0.15) is 25.7 Å². The molecule has 2 aliphatic carbocycles. The summed E-state index contributed by atoms with van der Waals surface area (Å²) < 4.78 is 7.11. The Morgan fingerprint density at radius 3 is 2.90 bits per heavy atom. The molecule has 0 spiro atoms. The lowest BCUT2D eigenvalue weighted by molar-refractivity contribution is 0.368. The van der Waals surface area contributed by atoms with Gasteiger partial charge in [0, 0.05) is 13.1 Å². The second-order valence-electron chi connectivity index (χ2n) is 5.98. The number of nitrogens with one attached hydrogen (secondary N) is 1. The fraction of sp³-hybridized carbons (Fsp3) is 0.643. The highest BCUT2D eigenvalue weighted by Crippen LogP contribution is 2.45. The monoisotopic (exact) mass is 273 g/mol. The van der Waals surface area contributed by atoms with Gasteiger partial charge in [-0.25, -0.2) is 9.97 Å². The number of anilines is 1. The predicted octanol–water partition coefficient (Wildman–Crippen LogP) is 1.97. The topological polar surface area (TPSA) is 64.9 Å². The van der Waals surface area contributed by atoms with Gasteiger partial charge in [-0.05, 0) is 31.1 Å². The molecule has 2 bridgehead atoms. The summed E-state index contributed by atoms with van der Waals surface area (Å²) >= 11 is 0. The molecule has 6 nitrogen and oxygen atoms in total. The number of aromatic nitrogens is 4. The van der Waals surface area contributed by atoms with Crippen LogP contribution >= 0.6 is 0 Å². The molecule has 3 atom stereocenters. The number of hydrogen-bond acceptors (Lipinski definition) is 5. The lowest BCUT2D eigenvalue weighted by Crippen LogP contribution is -2.26. The van der Waals surface area contributed by atoms with E-state index in [0.717, 1.165) is 28.8 Å². The van der Waals surface area contributed by atoms with Crippen LogP contribution in [-0.2, 0) is 7.05 Å². The molecule has 2 saturated carbocycles. The highest BCUT2D eigenvalue weighted by atomic mass is 16.5. The zero-order valence-electron chi connectivity index (χ0n) is 11.8. The van der Waals surface area contributed by atoms with Crippen molar-refractivity contribution in [3.8, 4) is 6.01 Å². The maximum Gasteiger partial charge on any atom is 0.298 e. The average molecular weight is 273 g/mol. The van der Waals surface area contributed by atoms with E-state index >= 15 is 0 Å². The first-order valence-electron chi connectivity index (χ1n) is 7.24. The van der Waals surface area contributed by atoms with Gasteiger partial charge in [0.05, 0.1) is 7.11 Å². The minimum atomic E-state index is 0.542. The SMILES string of the molecule is COc1nc2c(NC3CC4CCC3C4)ncnc2n1C. The highest BCUT2D eigenvalue weighted by Gasteiger charge is 2.39. The van der Waals surface area contributed by atoms with E-state index in [0.29, 0.717) is 12.1 Å². The maximum absolute atomic E-state index is 5.26. The van der Waals surface area contributed by atoms with Gasteiger partial charge in [-0.15, -0.1) is 0 Å². The van der Waals surface area contributed by atoms with Gasteiger partial charge < -0.3 is 10.1 Å². The predicted molar refractivity (Wildman–Crippen MR) is 75.7 cm³/mol. The molecule has 2 aromatic heterocycles. The Hall–Kier alpha value is -1.85. The third-order valence-corrected chi connectivity index (χ3v) is 4.86. The quantitative estimate of drug-likeness (QED) is 0.926. The summed E-state index contributed by atoms with van der Waals surface area (Å²) in [6.45, 7) is 0. The van der Waals surface area contributed by atoms with Crippen LogP contribution in [0, 0.1) is 11.8 Å². The first-order chi connectivity index (χ1) is 9.76. The Labute approximate surface area is 117 Å². The highest BCUT2D eigenvalue weighted by molar-refractivity contribution is 5.83. The van der Waals surface area contributed by atoms with Gasteiger partial charge >= 0.3 is 0 Å². The van der Waals surface area contributed by atoms with Crippen molar-refractivity contribution in [1.82, 2.24) is 19.5 Å². The van der Waals surface area contributed by atoms with E-state index in [9.17, 15) is 0 Å². The molecule has 2 aromatic rings. The van der Waals surface area contributed by atoms with Crippen molar-refractivity contribution >= 4 is 17.0 Å². The van der Waals surface area contributed by atoms with Crippen molar-refractivity contribution in [1.29, 1.82) is 0 Å². The lowest BCUT2D eigenvalue weighted by Gasteiger charge is -2.23. The summed E-state index contributed by atoms with van der Waals surface area (Å²) in [4.78, 5) is 13.2. The molecule has 0 radical (unpaired) electrons. The molecular formula is C14H19N5O. The summed E-state index contributed by atoms with van der Waals surface area (Å²) in [6, 6.07) is 1.11. The van der Waals surface area contributed by atoms with E-state index in [1.165, 1.54) is 25.7 Å². The smallest absolute Gasteiger partial charge is 0.298 e. The van der Waals surface area contributed by atoms with E-state index in [1.54, 1.807) is 13.4 Å². The van der Waals surface area contributed by atoms with E-state index in [1.807, 2.05) is 11.6 Å². The molecule has 0 saturated heterocycles. The average Bonchev–Trinajstić information content (AvgIpc) is 3.14. The number of ether oxygens (including phenoxy) is 1. The zero-order chi connectivity index (χ0) is 13.7. The van der Waals surface area contributed by atoms with Gasteiger partial charge in [0.1, 0.15) is 6.33 Å². The molecule has 0 amide bonds. The van der Waals surface area contributed by atoms with Crippen LogP contribution in [0.2, 0.25) is 0 Å². The number of nitrogens with zero attached hydrogens (tertiary/aromatic N) is 4. The number of aryl methyl sites for hydroxylation is 1. The molecule has 4 rings (SSSR count). The van der Waals surface area contributed by atoms with Crippen LogP contribution in [-0.4, -0.2) is 32.7 Å². The maximum atomic E-state index is 5.26. The number of hydrogen-bond donors (Lipinski definition) is 1. The van der Waals surface area contributed by atoms with Crippen LogP contribution < -0.4 is 10.1 Å². The Bertz CT molecular complexity index is 652. The number of fused-ring (bicyclic) bond motifs is 3. The second-order valence-corrected chi connectivity index (χ2v) is 5.98. The van der Waals surface area contributed by atoms with Crippen LogP contribution in [0.3, 0.4) is 0 Å². The van der Waals surface area contributed by atoms with Crippen molar-refractivity contribution in [2.24, 2.45) is 18.9 Å². The number of rotatable bonds is 3. The molecule has 0 aliphatic heterocycles. The number of methoxy groups -OCH3 is 1. The standard InChI is InChI=1S/C14H19N5O/c1-19-13-11(18-14(19)20-2)12(15-7-16-13)17-10-6-8-3-4-9(10)5-8/h7-10H,3-6H2,1-2H3,(H,15,16,17). The molecular weight excluding hydrogens is 254 g/mol. The van der Waals surface area contributed by atoms with Gasteiger partial charge in [0.15, 0.2) is 17.0 Å². The summed E-state index contributed by atoms with van der Waals surface area (Å²) in [5, 5.41) is 3.60. The Morgan fingerprint density at radius 2 is 2.20 bits per heavy atom. The third kappa shape index (κ3) is 1.67. The molecule has 2 heterocycles. The van der Waals surface area contributed by atoms with Crippen molar-refractivity contribution in [2.45, 2.75) is 31.7 Å². The molecule has 6 heteroatoms. The normalized spacial score (nSPS) is 28.2. The minimum absolute atomic E-state index is 0.542. The fourth-order valence-corrected chi connectivity index (χ4v) is 3.86. The minimum Gasteiger partial charge on any atom is -0.468 e. The molecule has 1 N–H and O–H groups in total. The first kappa shape index (κ1) is 11.9. The number of imidazole rings is 1. The van der Waals surface area contributed by atoms with Crippen molar-refractivity contribution in [3.63, 3.8) is 0 Å². The van der Waals surface area contributed by atoms with Gasteiger partial charge in [0.25, 0.3) is 6.01 Å². The van der Waals surface area contributed by atoms with Gasteiger partial charge in [0.2, 0.25) is 0 Å². The summed E-state index contributed by atoms with van der Waals surface area (Å²) in [5.41, 5.74) is 1.61. The van der Waals surface area contributed by atoms with E-state index in [-0.39, 0.29) is 0 Å². The van der Waals surface area contributed by atoms with E-state index in [4.69, 9.17) is 4.74 Å². The molecule has 3 unspecified atom stereocenters. The van der Waals surface area contributed by atoms with Crippen molar-refractivity contribution < 1.29 is 4.74 Å². The van der Waals surface area contributed by atoms with Crippen LogP contribution in [0.15, 0.2) is 6.33 Å². The van der Waals surface area contributed by atoms with E-state index in [2.05, 4.69) is 20.3 Å². The Morgan fingerprint density at radius 1 is 1.30 bits per heavy atom.